The normalized spacial score (nSPS) is 11.1. The van der Waals surface area contributed by atoms with Crippen molar-refractivity contribution >= 4 is 33.6 Å². The number of carbonyl (C=O) groups is 3. The van der Waals surface area contributed by atoms with E-state index in [-0.39, 0.29) is 28.3 Å². The number of amides is 1. The molecule has 1 amide bonds. The van der Waals surface area contributed by atoms with Crippen LogP contribution in [0.3, 0.4) is 0 Å². The highest BCUT2D eigenvalue weighted by Gasteiger charge is 2.27. The molecule has 0 aromatic heterocycles. The fraction of sp³-hybridized carbons (Fsp3) is 0.192. The number of methoxy groups -OCH3 is 2. The van der Waals surface area contributed by atoms with Gasteiger partial charge in [0.15, 0.2) is 0 Å². The Kier molecular flexibility index (Phi) is 8.57. The van der Waals surface area contributed by atoms with Crippen LogP contribution >= 0.6 is 0 Å². The Morgan fingerprint density at radius 2 is 1.39 bits per heavy atom. The molecule has 10 heteroatoms. The van der Waals surface area contributed by atoms with E-state index >= 15 is 0 Å². The summed E-state index contributed by atoms with van der Waals surface area (Å²) in [5.41, 5.74) is 1.73. The summed E-state index contributed by atoms with van der Waals surface area (Å²) < 4.78 is 37.3. The van der Waals surface area contributed by atoms with Gasteiger partial charge in [0, 0.05) is 12.2 Å². The third kappa shape index (κ3) is 6.55. The number of sulfonamides is 1. The molecule has 0 saturated carbocycles. The molecule has 36 heavy (non-hydrogen) atoms. The lowest BCUT2D eigenvalue weighted by Gasteiger charge is -2.22. The van der Waals surface area contributed by atoms with Crippen LogP contribution in [0.25, 0.3) is 0 Å². The number of carbonyl (C=O) groups excluding carboxylic acids is 3. The van der Waals surface area contributed by atoms with Crippen molar-refractivity contribution < 1.29 is 32.3 Å². The summed E-state index contributed by atoms with van der Waals surface area (Å²) in [7, 11) is -1.66. The molecule has 188 valence electrons. The number of anilines is 1. The first-order valence-corrected chi connectivity index (χ1v) is 12.3. The molecule has 1 N–H and O–H groups in total. The van der Waals surface area contributed by atoms with E-state index in [1.54, 1.807) is 36.4 Å². The maximum Gasteiger partial charge on any atom is 0.337 e. The van der Waals surface area contributed by atoms with Gasteiger partial charge in [0.2, 0.25) is 15.9 Å². The highest BCUT2D eigenvalue weighted by Crippen LogP contribution is 2.21. The van der Waals surface area contributed by atoms with Crippen LogP contribution in [0.2, 0.25) is 0 Å². The Hall–Kier alpha value is -4.02. The zero-order valence-corrected chi connectivity index (χ0v) is 20.9. The van der Waals surface area contributed by atoms with Crippen molar-refractivity contribution in [3.63, 3.8) is 0 Å². The van der Waals surface area contributed by atoms with Crippen LogP contribution < -0.4 is 5.32 Å². The first kappa shape index (κ1) is 26.6. The molecule has 0 aliphatic carbocycles. The number of ether oxygens (including phenoxy) is 2. The van der Waals surface area contributed by atoms with Gasteiger partial charge in [0.25, 0.3) is 0 Å². The zero-order chi connectivity index (χ0) is 26.3. The van der Waals surface area contributed by atoms with Gasteiger partial charge in [-0.3, -0.25) is 4.79 Å². The standard InChI is InChI=1S/C26H26N2O7S/c1-18-9-11-23(12-10-18)36(32,33)28(16-19-7-5-4-6-8-19)17-24(29)27-22-14-20(25(30)34-2)13-21(15-22)26(31)35-3/h4-15H,16-17H2,1-3H3,(H,27,29). The molecule has 0 unspecified atom stereocenters. The lowest BCUT2D eigenvalue weighted by atomic mass is 10.1. The molecule has 0 saturated heterocycles. The molecule has 0 bridgehead atoms. The summed E-state index contributed by atoms with van der Waals surface area (Å²) in [4.78, 5) is 37.1. The number of nitrogens with one attached hydrogen (secondary N) is 1. The third-order valence-electron chi connectivity index (χ3n) is 5.24. The molecule has 3 rings (SSSR count). The second-order valence-electron chi connectivity index (χ2n) is 7.90. The Bertz CT molecular complexity index is 1320. The van der Waals surface area contributed by atoms with Gasteiger partial charge in [-0.2, -0.15) is 4.31 Å². The Morgan fingerprint density at radius 3 is 1.92 bits per heavy atom. The minimum Gasteiger partial charge on any atom is -0.465 e. The number of benzene rings is 3. The predicted molar refractivity (Wildman–Crippen MR) is 133 cm³/mol. The van der Waals surface area contributed by atoms with Gasteiger partial charge >= 0.3 is 11.9 Å². The smallest absolute Gasteiger partial charge is 0.337 e. The molecule has 0 spiro atoms. The summed E-state index contributed by atoms with van der Waals surface area (Å²) in [6.07, 6.45) is 0. The van der Waals surface area contributed by atoms with Crippen molar-refractivity contribution in [2.45, 2.75) is 18.4 Å². The molecule has 0 radical (unpaired) electrons. The minimum absolute atomic E-state index is 0.0177. The van der Waals surface area contributed by atoms with Crippen LogP contribution in [0.4, 0.5) is 5.69 Å². The van der Waals surface area contributed by atoms with Crippen molar-refractivity contribution in [1.82, 2.24) is 4.31 Å². The van der Waals surface area contributed by atoms with Crippen LogP contribution in [-0.2, 0) is 30.8 Å². The van der Waals surface area contributed by atoms with Crippen molar-refractivity contribution in [2.75, 3.05) is 26.1 Å². The molecule has 0 fully saturated rings. The van der Waals surface area contributed by atoms with Crippen LogP contribution in [0.5, 0.6) is 0 Å². The Balaban J connectivity index is 1.91. The van der Waals surface area contributed by atoms with Crippen molar-refractivity contribution in [1.29, 1.82) is 0 Å². The molecule has 0 heterocycles. The van der Waals surface area contributed by atoms with E-state index in [1.165, 1.54) is 44.6 Å². The summed E-state index contributed by atoms with van der Waals surface area (Å²) in [6, 6.07) is 19.2. The molecular formula is C26H26N2O7S. The Labute approximate surface area is 209 Å². The summed E-state index contributed by atoms with van der Waals surface area (Å²) >= 11 is 0. The van der Waals surface area contributed by atoms with Gasteiger partial charge in [-0.1, -0.05) is 48.0 Å². The van der Waals surface area contributed by atoms with Gasteiger partial charge in [-0.15, -0.1) is 0 Å². The van der Waals surface area contributed by atoms with Gasteiger partial charge in [0.05, 0.1) is 36.8 Å². The number of nitrogens with zero attached hydrogens (tertiary/aromatic N) is 1. The lowest BCUT2D eigenvalue weighted by molar-refractivity contribution is -0.116. The van der Waals surface area contributed by atoms with E-state index in [9.17, 15) is 22.8 Å². The van der Waals surface area contributed by atoms with Crippen molar-refractivity contribution in [3.05, 3.63) is 95.1 Å². The number of aryl methyl sites for hydroxylation is 1. The molecule has 0 aliphatic heterocycles. The minimum atomic E-state index is -4.03. The van der Waals surface area contributed by atoms with Crippen LogP contribution in [0, 0.1) is 6.92 Å². The number of hydrogen-bond donors (Lipinski definition) is 1. The molecular weight excluding hydrogens is 484 g/mol. The van der Waals surface area contributed by atoms with Gasteiger partial charge < -0.3 is 14.8 Å². The maximum absolute atomic E-state index is 13.4. The fourth-order valence-corrected chi connectivity index (χ4v) is 4.79. The van der Waals surface area contributed by atoms with E-state index in [0.717, 1.165) is 9.87 Å². The monoisotopic (exact) mass is 510 g/mol. The quantitative estimate of drug-likeness (QED) is 0.438. The van der Waals surface area contributed by atoms with Crippen molar-refractivity contribution in [3.8, 4) is 0 Å². The molecule has 0 aliphatic rings. The second-order valence-corrected chi connectivity index (χ2v) is 9.84. The van der Waals surface area contributed by atoms with E-state index < -0.39 is 34.4 Å². The van der Waals surface area contributed by atoms with E-state index in [0.29, 0.717) is 5.56 Å². The Morgan fingerprint density at radius 1 is 0.833 bits per heavy atom. The fourth-order valence-electron chi connectivity index (χ4n) is 3.40. The third-order valence-corrected chi connectivity index (χ3v) is 7.05. The van der Waals surface area contributed by atoms with Gasteiger partial charge in [-0.05, 0) is 42.8 Å². The first-order valence-electron chi connectivity index (χ1n) is 10.9. The van der Waals surface area contributed by atoms with E-state index in [1.807, 2.05) is 13.0 Å². The lowest BCUT2D eigenvalue weighted by Crippen LogP contribution is -2.37. The van der Waals surface area contributed by atoms with E-state index in [4.69, 9.17) is 9.47 Å². The average Bonchev–Trinajstić information content (AvgIpc) is 2.87. The van der Waals surface area contributed by atoms with Crippen molar-refractivity contribution in [2.24, 2.45) is 0 Å². The van der Waals surface area contributed by atoms with Crippen LogP contribution in [0.15, 0.2) is 77.7 Å². The molecule has 3 aromatic rings. The summed E-state index contributed by atoms with van der Waals surface area (Å²) in [5.74, 6) is -2.10. The number of rotatable bonds is 9. The van der Waals surface area contributed by atoms with Gasteiger partial charge in [0.1, 0.15) is 0 Å². The van der Waals surface area contributed by atoms with E-state index in [2.05, 4.69) is 5.32 Å². The maximum atomic E-state index is 13.4. The van der Waals surface area contributed by atoms with Gasteiger partial charge in [-0.25, -0.2) is 18.0 Å². The molecule has 3 aromatic carbocycles. The largest absolute Gasteiger partial charge is 0.465 e. The topological polar surface area (TPSA) is 119 Å². The average molecular weight is 511 g/mol. The molecule has 0 atom stereocenters. The zero-order valence-electron chi connectivity index (χ0n) is 20.1. The van der Waals surface area contributed by atoms with Crippen LogP contribution in [-0.4, -0.2) is 51.3 Å². The second kappa shape index (κ2) is 11.6. The van der Waals surface area contributed by atoms with Crippen LogP contribution in [0.1, 0.15) is 31.8 Å². The number of hydrogen-bond acceptors (Lipinski definition) is 7. The molecule has 9 nitrogen and oxygen atoms in total. The predicted octanol–water partition coefficient (Wildman–Crippen LogP) is 3.40. The number of esters is 2. The highest BCUT2D eigenvalue weighted by molar-refractivity contribution is 7.89. The SMILES string of the molecule is COC(=O)c1cc(NC(=O)CN(Cc2ccccc2)S(=O)(=O)c2ccc(C)cc2)cc(C(=O)OC)c1. The summed E-state index contributed by atoms with van der Waals surface area (Å²) in [6.45, 7) is 1.29. The highest BCUT2D eigenvalue weighted by atomic mass is 32.2. The first-order chi connectivity index (χ1) is 17.1. The summed E-state index contributed by atoms with van der Waals surface area (Å²) in [5, 5.41) is 2.57.